The molecule has 1 amide bonds. The van der Waals surface area contributed by atoms with Crippen molar-refractivity contribution in [2.24, 2.45) is 0 Å². The third-order valence-electron chi connectivity index (χ3n) is 3.39. The molecule has 0 radical (unpaired) electrons. The lowest BCUT2D eigenvalue weighted by Gasteiger charge is -2.33. The molecule has 2 N–H and O–H groups in total. The summed E-state index contributed by atoms with van der Waals surface area (Å²) in [5, 5.41) is 1.70. The first-order valence-electron chi connectivity index (χ1n) is 6.35. The summed E-state index contributed by atoms with van der Waals surface area (Å²) in [4.78, 5) is 26.2. The van der Waals surface area contributed by atoms with Crippen molar-refractivity contribution in [2.45, 2.75) is 11.7 Å². The Morgan fingerprint density at radius 2 is 1.78 bits per heavy atom. The molecule has 6 nitrogen and oxygen atoms in total. The van der Waals surface area contributed by atoms with Gasteiger partial charge in [0, 0.05) is 22.7 Å². The van der Waals surface area contributed by atoms with E-state index in [9.17, 15) is 22.8 Å². The van der Waals surface area contributed by atoms with E-state index in [2.05, 4.69) is 14.5 Å². The molecule has 2 rings (SSSR count). The molecular formula is C14H13F3N2O4. The topological polar surface area (TPSA) is 80.4 Å². The number of esters is 1. The third kappa shape index (κ3) is 2.58. The minimum Gasteiger partial charge on any atom is -0.467 e. The number of hydrogen-bond acceptors (Lipinski definition) is 4. The van der Waals surface area contributed by atoms with Gasteiger partial charge in [-0.1, -0.05) is 18.2 Å². The van der Waals surface area contributed by atoms with Gasteiger partial charge in [-0.05, 0) is 6.07 Å². The van der Waals surface area contributed by atoms with Crippen molar-refractivity contribution < 1.29 is 32.2 Å². The van der Waals surface area contributed by atoms with Crippen LogP contribution in [0, 0.1) is 0 Å². The van der Waals surface area contributed by atoms with Crippen LogP contribution in [0.1, 0.15) is 5.56 Å². The first-order chi connectivity index (χ1) is 10.8. The van der Waals surface area contributed by atoms with Gasteiger partial charge in [0.25, 0.3) is 5.54 Å². The number of carbonyl (C=O) groups excluding carboxylic acids is 2. The van der Waals surface area contributed by atoms with Gasteiger partial charge in [-0.3, -0.25) is 5.32 Å². The maximum atomic E-state index is 13.8. The maximum Gasteiger partial charge on any atom is 0.427 e. The Labute approximate surface area is 128 Å². The lowest BCUT2D eigenvalue weighted by molar-refractivity contribution is -0.213. The Morgan fingerprint density at radius 1 is 1.13 bits per heavy atom. The molecule has 0 saturated carbocycles. The Hall–Kier alpha value is -2.71. The number of aromatic amines is 1. The normalized spacial score (nSPS) is 14.1. The van der Waals surface area contributed by atoms with Gasteiger partial charge in [0.1, 0.15) is 0 Å². The number of benzene rings is 1. The zero-order chi connectivity index (χ0) is 17.3. The van der Waals surface area contributed by atoms with Gasteiger partial charge in [-0.25, -0.2) is 9.59 Å². The number of rotatable bonds is 3. The highest BCUT2D eigenvalue weighted by Crippen LogP contribution is 2.43. The lowest BCUT2D eigenvalue weighted by Crippen LogP contribution is -2.61. The number of halogens is 3. The van der Waals surface area contributed by atoms with Crippen LogP contribution in [0.5, 0.6) is 0 Å². The number of carbonyl (C=O) groups is 2. The molecule has 1 aromatic heterocycles. The van der Waals surface area contributed by atoms with Crippen molar-refractivity contribution in [3.05, 3.63) is 36.0 Å². The van der Waals surface area contributed by atoms with Gasteiger partial charge in [-0.15, -0.1) is 0 Å². The van der Waals surface area contributed by atoms with Crippen LogP contribution in [-0.2, 0) is 19.8 Å². The average Bonchev–Trinajstić information content (AvgIpc) is 2.94. The number of aromatic nitrogens is 1. The molecule has 0 aliphatic rings. The molecule has 1 atom stereocenters. The predicted octanol–water partition coefficient (Wildman–Crippen LogP) is 2.45. The summed E-state index contributed by atoms with van der Waals surface area (Å²) in [6.45, 7) is 0. The molecule has 0 fully saturated rings. The highest BCUT2D eigenvalue weighted by atomic mass is 19.4. The highest BCUT2D eigenvalue weighted by Gasteiger charge is 2.65. The van der Waals surface area contributed by atoms with Crippen LogP contribution >= 0.6 is 0 Å². The zero-order valence-corrected chi connectivity index (χ0v) is 12.2. The van der Waals surface area contributed by atoms with Crippen molar-refractivity contribution >= 4 is 23.0 Å². The van der Waals surface area contributed by atoms with Crippen molar-refractivity contribution in [3.8, 4) is 0 Å². The van der Waals surface area contributed by atoms with Crippen LogP contribution in [0.15, 0.2) is 30.5 Å². The number of hydrogen-bond donors (Lipinski definition) is 2. The number of alkyl halides is 3. The number of amides is 1. The summed E-state index contributed by atoms with van der Waals surface area (Å²) >= 11 is 0. The molecule has 9 heteroatoms. The van der Waals surface area contributed by atoms with Gasteiger partial charge in [0.05, 0.1) is 14.2 Å². The second-order valence-electron chi connectivity index (χ2n) is 4.60. The second kappa shape index (κ2) is 5.82. The van der Waals surface area contributed by atoms with E-state index in [1.165, 1.54) is 18.2 Å². The Morgan fingerprint density at radius 3 is 2.35 bits per heavy atom. The fourth-order valence-corrected chi connectivity index (χ4v) is 2.31. The van der Waals surface area contributed by atoms with E-state index in [0.717, 1.165) is 20.4 Å². The van der Waals surface area contributed by atoms with Crippen molar-refractivity contribution in [1.29, 1.82) is 0 Å². The maximum absolute atomic E-state index is 13.8. The number of alkyl carbamates (subject to hydrolysis) is 1. The van der Waals surface area contributed by atoms with Crippen LogP contribution in [0.25, 0.3) is 10.9 Å². The van der Waals surface area contributed by atoms with Gasteiger partial charge in [0.15, 0.2) is 0 Å². The third-order valence-corrected chi connectivity index (χ3v) is 3.39. The first kappa shape index (κ1) is 16.7. The van der Waals surface area contributed by atoms with E-state index in [0.29, 0.717) is 5.52 Å². The minimum atomic E-state index is -5.17. The van der Waals surface area contributed by atoms with Crippen molar-refractivity contribution in [2.75, 3.05) is 14.2 Å². The highest BCUT2D eigenvalue weighted by molar-refractivity contribution is 5.95. The summed E-state index contributed by atoms with van der Waals surface area (Å²) in [7, 11) is 1.69. The number of ether oxygens (including phenoxy) is 2. The number of methoxy groups -OCH3 is 2. The fraction of sp³-hybridized carbons (Fsp3) is 0.286. The number of fused-ring (bicyclic) bond motifs is 1. The molecule has 2 aromatic rings. The van der Waals surface area contributed by atoms with E-state index >= 15 is 0 Å². The van der Waals surface area contributed by atoms with Gasteiger partial charge >= 0.3 is 18.2 Å². The number of nitrogens with one attached hydrogen (secondary N) is 2. The Balaban J connectivity index is 2.79. The monoisotopic (exact) mass is 330 g/mol. The van der Waals surface area contributed by atoms with Gasteiger partial charge in [0.2, 0.25) is 0 Å². The Bertz CT molecular complexity index is 741. The molecule has 124 valence electrons. The Kier molecular flexibility index (Phi) is 4.22. The molecule has 0 saturated heterocycles. The zero-order valence-electron chi connectivity index (χ0n) is 12.2. The second-order valence-corrected chi connectivity index (χ2v) is 4.60. The SMILES string of the molecule is COC(=O)N[C@@](C(=O)OC)(c1c[nH]c2ccccc12)C(F)(F)F. The summed E-state index contributed by atoms with van der Waals surface area (Å²) in [6, 6.07) is 6.05. The first-order valence-corrected chi connectivity index (χ1v) is 6.35. The van der Waals surface area contributed by atoms with E-state index in [1.54, 1.807) is 11.4 Å². The molecule has 0 unspecified atom stereocenters. The number of H-pyrrole nitrogens is 1. The summed E-state index contributed by atoms with van der Waals surface area (Å²) in [6.07, 6.45) is -5.58. The molecule has 0 bridgehead atoms. The van der Waals surface area contributed by atoms with Gasteiger partial charge in [-0.2, -0.15) is 13.2 Å². The van der Waals surface area contributed by atoms with Crippen molar-refractivity contribution in [1.82, 2.24) is 10.3 Å². The minimum absolute atomic E-state index is 0.117. The molecule has 1 aromatic carbocycles. The van der Waals surface area contributed by atoms with E-state index in [4.69, 9.17) is 0 Å². The summed E-state index contributed by atoms with van der Waals surface area (Å²) in [5.41, 5.74) is -3.52. The largest absolute Gasteiger partial charge is 0.467 e. The van der Waals surface area contributed by atoms with Gasteiger partial charge < -0.3 is 14.5 Å². The fourth-order valence-electron chi connectivity index (χ4n) is 2.31. The average molecular weight is 330 g/mol. The van der Waals surface area contributed by atoms with Crippen LogP contribution < -0.4 is 5.32 Å². The van der Waals surface area contributed by atoms with E-state index in [-0.39, 0.29) is 5.39 Å². The molecule has 23 heavy (non-hydrogen) atoms. The molecular weight excluding hydrogens is 317 g/mol. The van der Waals surface area contributed by atoms with Crippen LogP contribution in [0.3, 0.4) is 0 Å². The molecule has 1 heterocycles. The van der Waals surface area contributed by atoms with Crippen molar-refractivity contribution in [3.63, 3.8) is 0 Å². The molecule has 0 aliphatic heterocycles. The molecule has 0 aliphatic carbocycles. The lowest BCUT2D eigenvalue weighted by atomic mass is 9.88. The smallest absolute Gasteiger partial charge is 0.427 e. The summed E-state index contributed by atoms with van der Waals surface area (Å²) in [5.74, 6) is -1.68. The van der Waals surface area contributed by atoms with E-state index in [1.807, 2.05) is 0 Å². The summed E-state index contributed by atoms with van der Waals surface area (Å²) < 4.78 is 50.0. The molecule has 0 spiro atoms. The predicted molar refractivity (Wildman–Crippen MR) is 73.6 cm³/mol. The standard InChI is InChI=1S/C14H13F3N2O4/c1-22-11(20)13(14(15,16)17,19-12(21)23-2)9-7-18-10-6-4-3-5-8(9)10/h3-7,18H,1-2H3,(H,19,21)/t13-/m1/s1. The van der Waals surface area contributed by atoms with Crippen LogP contribution in [0.4, 0.5) is 18.0 Å². The van der Waals surface area contributed by atoms with Crippen LogP contribution in [0.2, 0.25) is 0 Å². The quantitative estimate of drug-likeness (QED) is 0.847. The number of para-hydroxylation sites is 1. The van der Waals surface area contributed by atoms with E-state index < -0.39 is 29.3 Å². The van der Waals surface area contributed by atoms with Crippen LogP contribution in [-0.4, -0.2) is 37.4 Å².